The van der Waals surface area contributed by atoms with E-state index in [-0.39, 0.29) is 24.3 Å². The van der Waals surface area contributed by atoms with Crippen molar-refractivity contribution in [2.45, 2.75) is 46.1 Å². The maximum Gasteiger partial charge on any atom is 0.410 e. The molecule has 2 aliphatic heterocycles. The molecule has 0 radical (unpaired) electrons. The second-order valence-electron chi connectivity index (χ2n) is 9.02. The highest BCUT2D eigenvalue weighted by atomic mass is 16.6. The molecule has 0 bridgehead atoms. The summed E-state index contributed by atoms with van der Waals surface area (Å²) >= 11 is 0. The van der Waals surface area contributed by atoms with Crippen LogP contribution in [0.25, 0.3) is 0 Å². The van der Waals surface area contributed by atoms with Gasteiger partial charge in [-0.05, 0) is 52.7 Å². The largest absolute Gasteiger partial charge is 0.486 e. The van der Waals surface area contributed by atoms with Crippen LogP contribution in [0, 0.1) is 5.92 Å². The maximum atomic E-state index is 13.1. The zero-order valence-corrected chi connectivity index (χ0v) is 19.3. The molecule has 0 saturated carbocycles. The number of fused-ring (bicyclic) bond motifs is 1. The molecular formula is C23H33N3O6. The molecule has 2 heterocycles. The Morgan fingerprint density at radius 2 is 1.91 bits per heavy atom. The van der Waals surface area contributed by atoms with E-state index < -0.39 is 11.7 Å². The lowest BCUT2D eigenvalue weighted by Crippen LogP contribution is -2.49. The average molecular weight is 448 g/mol. The van der Waals surface area contributed by atoms with Gasteiger partial charge in [-0.2, -0.15) is 0 Å². The van der Waals surface area contributed by atoms with Gasteiger partial charge >= 0.3 is 6.09 Å². The molecule has 0 spiro atoms. The second kappa shape index (κ2) is 10.1. The SMILES string of the molecule is CCN(CC(=O)Nc1ccc2c(c1)OCCO2)C(=O)C1CCCN(C(=O)OC(C)(C)C)C1. The first-order valence-electron chi connectivity index (χ1n) is 11.1. The predicted octanol–water partition coefficient (Wildman–Crippen LogP) is 2.89. The number of benzene rings is 1. The predicted molar refractivity (Wildman–Crippen MR) is 119 cm³/mol. The van der Waals surface area contributed by atoms with Crippen LogP contribution in [0.1, 0.15) is 40.5 Å². The number of amides is 3. The van der Waals surface area contributed by atoms with Crippen LogP contribution in [0.3, 0.4) is 0 Å². The van der Waals surface area contributed by atoms with Crippen LogP contribution in [0.4, 0.5) is 10.5 Å². The molecule has 0 aliphatic carbocycles. The van der Waals surface area contributed by atoms with Gasteiger partial charge in [-0.3, -0.25) is 9.59 Å². The number of likely N-dealkylation sites (N-methyl/N-ethyl adjacent to an activating group) is 1. The van der Waals surface area contributed by atoms with E-state index in [2.05, 4.69) is 5.32 Å². The molecule has 9 nitrogen and oxygen atoms in total. The number of likely N-dealkylation sites (tertiary alicyclic amines) is 1. The maximum absolute atomic E-state index is 13.1. The fraction of sp³-hybridized carbons (Fsp3) is 0.609. The Bertz CT molecular complexity index is 851. The summed E-state index contributed by atoms with van der Waals surface area (Å²) in [6, 6.07) is 5.20. The summed E-state index contributed by atoms with van der Waals surface area (Å²) in [5.74, 6) is 0.460. The summed E-state index contributed by atoms with van der Waals surface area (Å²) in [7, 11) is 0. The van der Waals surface area contributed by atoms with Crippen molar-refractivity contribution >= 4 is 23.6 Å². The topological polar surface area (TPSA) is 97.4 Å². The number of carbonyl (C=O) groups excluding carboxylic acids is 3. The van der Waals surface area contributed by atoms with Crippen LogP contribution in [0.5, 0.6) is 11.5 Å². The lowest BCUT2D eigenvalue weighted by Gasteiger charge is -2.35. The first-order chi connectivity index (χ1) is 15.2. The van der Waals surface area contributed by atoms with Crippen LogP contribution >= 0.6 is 0 Å². The minimum atomic E-state index is -0.588. The Morgan fingerprint density at radius 3 is 2.59 bits per heavy atom. The third kappa shape index (κ3) is 6.27. The van der Waals surface area contributed by atoms with Crippen molar-refractivity contribution in [3.63, 3.8) is 0 Å². The van der Waals surface area contributed by atoms with E-state index in [1.165, 1.54) is 4.90 Å². The van der Waals surface area contributed by atoms with E-state index in [0.29, 0.717) is 56.5 Å². The monoisotopic (exact) mass is 447 g/mol. The number of anilines is 1. The summed E-state index contributed by atoms with van der Waals surface area (Å²) in [6.07, 6.45) is 0.990. The van der Waals surface area contributed by atoms with Crippen molar-refractivity contribution in [2.75, 3.05) is 44.7 Å². The number of carbonyl (C=O) groups is 3. The smallest absolute Gasteiger partial charge is 0.410 e. The van der Waals surface area contributed by atoms with Crippen LogP contribution < -0.4 is 14.8 Å². The zero-order chi connectivity index (χ0) is 23.3. The Balaban J connectivity index is 1.56. The van der Waals surface area contributed by atoms with Crippen LogP contribution in [-0.4, -0.2) is 72.7 Å². The molecule has 1 N–H and O–H groups in total. The zero-order valence-electron chi connectivity index (χ0n) is 19.3. The van der Waals surface area contributed by atoms with Gasteiger partial charge in [-0.25, -0.2) is 4.79 Å². The molecule has 2 aliphatic rings. The van der Waals surface area contributed by atoms with E-state index in [9.17, 15) is 14.4 Å². The number of nitrogens with one attached hydrogen (secondary N) is 1. The highest BCUT2D eigenvalue weighted by molar-refractivity contribution is 5.95. The number of ether oxygens (including phenoxy) is 3. The van der Waals surface area contributed by atoms with Crippen molar-refractivity contribution in [3.8, 4) is 11.5 Å². The van der Waals surface area contributed by atoms with Gasteiger partial charge in [0.1, 0.15) is 18.8 Å². The fourth-order valence-corrected chi connectivity index (χ4v) is 3.77. The molecule has 1 unspecified atom stereocenters. The van der Waals surface area contributed by atoms with E-state index in [1.807, 2.05) is 27.7 Å². The number of nitrogens with zero attached hydrogens (tertiary/aromatic N) is 2. The van der Waals surface area contributed by atoms with Gasteiger partial charge in [-0.15, -0.1) is 0 Å². The van der Waals surface area contributed by atoms with Crippen LogP contribution in [0.15, 0.2) is 18.2 Å². The second-order valence-corrected chi connectivity index (χ2v) is 9.02. The van der Waals surface area contributed by atoms with Gasteiger partial charge in [0.05, 0.1) is 12.5 Å². The van der Waals surface area contributed by atoms with Crippen molar-refractivity contribution in [3.05, 3.63) is 18.2 Å². The third-order valence-electron chi connectivity index (χ3n) is 5.28. The van der Waals surface area contributed by atoms with E-state index in [4.69, 9.17) is 14.2 Å². The van der Waals surface area contributed by atoms with Crippen molar-refractivity contribution in [1.82, 2.24) is 9.80 Å². The summed E-state index contributed by atoms with van der Waals surface area (Å²) in [6.45, 7) is 9.45. The van der Waals surface area contributed by atoms with Gasteiger partial charge in [0.15, 0.2) is 11.5 Å². The van der Waals surface area contributed by atoms with Gasteiger partial charge in [0, 0.05) is 31.4 Å². The summed E-state index contributed by atoms with van der Waals surface area (Å²) in [5, 5.41) is 2.81. The number of rotatable bonds is 5. The Kier molecular flexibility index (Phi) is 7.48. The van der Waals surface area contributed by atoms with E-state index in [0.717, 1.165) is 6.42 Å². The van der Waals surface area contributed by atoms with E-state index in [1.54, 1.807) is 23.1 Å². The van der Waals surface area contributed by atoms with E-state index >= 15 is 0 Å². The molecular weight excluding hydrogens is 414 g/mol. The molecule has 32 heavy (non-hydrogen) atoms. The summed E-state index contributed by atoms with van der Waals surface area (Å²) in [5.41, 5.74) is -0.00776. The summed E-state index contributed by atoms with van der Waals surface area (Å²) < 4.78 is 16.5. The minimum Gasteiger partial charge on any atom is -0.486 e. The number of piperidine rings is 1. The van der Waals surface area contributed by atoms with Gasteiger partial charge < -0.3 is 29.3 Å². The average Bonchev–Trinajstić information content (AvgIpc) is 2.76. The standard InChI is InChI=1S/C23H33N3O6/c1-5-25(15-20(27)24-17-8-9-18-19(13-17)31-12-11-30-18)21(28)16-7-6-10-26(14-16)22(29)32-23(2,3)4/h8-9,13,16H,5-7,10-12,14-15H2,1-4H3,(H,24,27). The number of hydrogen-bond donors (Lipinski definition) is 1. The lowest BCUT2D eigenvalue weighted by molar-refractivity contribution is -0.139. The molecule has 9 heteroatoms. The molecule has 1 aromatic rings. The Morgan fingerprint density at radius 1 is 1.19 bits per heavy atom. The molecule has 1 fully saturated rings. The highest BCUT2D eigenvalue weighted by Gasteiger charge is 2.33. The first-order valence-corrected chi connectivity index (χ1v) is 11.1. The summed E-state index contributed by atoms with van der Waals surface area (Å²) in [4.78, 5) is 41.2. The molecule has 176 valence electrons. The van der Waals surface area contributed by atoms with Crippen LogP contribution in [-0.2, 0) is 14.3 Å². The molecule has 3 rings (SSSR count). The molecule has 1 saturated heterocycles. The molecule has 1 atom stereocenters. The van der Waals surface area contributed by atoms with Crippen LogP contribution in [0.2, 0.25) is 0 Å². The van der Waals surface area contributed by atoms with Crippen molar-refractivity contribution < 1.29 is 28.6 Å². The van der Waals surface area contributed by atoms with Gasteiger partial charge in [0.2, 0.25) is 11.8 Å². The van der Waals surface area contributed by atoms with Crippen molar-refractivity contribution in [2.24, 2.45) is 5.92 Å². The molecule has 0 aromatic heterocycles. The van der Waals surface area contributed by atoms with Gasteiger partial charge in [0.25, 0.3) is 0 Å². The normalized spacial score (nSPS) is 18.0. The first kappa shape index (κ1) is 23.7. The lowest BCUT2D eigenvalue weighted by atomic mass is 9.96. The third-order valence-corrected chi connectivity index (χ3v) is 5.28. The quantitative estimate of drug-likeness (QED) is 0.746. The molecule has 1 aromatic carbocycles. The molecule has 3 amide bonds. The van der Waals surface area contributed by atoms with Gasteiger partial charge in [-0.1, -0.05) is 0 Å². The Labute approximate surface area is 189 Å². The Hall–Kier alpha value is -2.97. The number of hydrogen-bond acceptors (Lipinski definition) is 6. The van der Waals surface area contributed by atoms with Crippen molar-refractivity contribution in [1.29, 1.82) is 0 Å². The fourth-order valence-electron chi connectivity index (χ4n) is 3.77. The highest BCUT2D eigenvalue weighted by Crippen LogP contribution is 2.32. The minimum absolute atomic E-state index is 0.0628.